The molecule has 2 aromatic heterocycles. The maximum Gasteiger partial charge on any atom is 0.274 e. The second-order valence-corrected chi connectivity index (χ2v) is 7.79. The summed E-state index contributed by atoms with van der Waals surface area (Å²) in [5, 5.41) is 11.4. The van der Waals surface area contributed by atoms with E-state index in [-0.39, 0.29) is 5.91 Å². The van der Waals surface area contributed by atoms with E-state index in [0.717, 1.165) is 48.7 Å². The van der Waals surface area contributed by atoms with Gasteiger partial charge in [-0.2, -0.15) is 5.10 Å². The number of hydrogen-bond donors (Lipinski definition) is 2. The average molecular weight is 433 g/mol. The minimum Gasteiger partial charge on any atom is -0.367 e. The van der Waals surface area contributed by atoms with Crippen molar-refractivity contribution in [1.82, 2.24) is 19.9 Å². The van der Waals surface area contributed by atoms with Gasteiger partial charge in [-0.1, -0.05) is 35.9 Å². The highest BCUT2D eigenvalue weighted by Gasteiger charge is 2.17. The molecule has 2 N–H and O–H groups in total. The average Bonchev–Trinajstić information content (AvgIpc) is 3.23. The number of aromatic nitrogens is 3. The van der Waals surface area contributed by atoms with Crippen LogP contribution in [0.15, 0.2) is 67.0 Å². The summed E-state index contributed by atoms with van der Waals surface area (Å²) >= 11 is 6.14. The molecule has 3 heterocycles. The number of benzene rings is 2. The number of halogens is 1. The van der Waals surface area contributed by atoms with Crippen LogP contribution in [0.5, 0.6) is 0 Å². The highest BCUT2D eigenvalue weighted by atomic mass is 35.5. The monoisotopic (exact) mass is 432 g/mol. The predicted molar refractivity (Wildman–Crippen MR) is 123 cm³/mol. The number of para-hydroxylation sites is 2. The van der Waals surface area contributed by atoms with E-state index >= 15 is 0 Å². The Balaban J connectivity index is 1.45. The van der Waals surface area contributed by atoms with Crippen LogP contribution >= 0.6 is 11.6 Å². The molecule has 1 aliphatic rings. The van der Waals surface area contributed by atoms with Gasteiger partial charge in [0, 0.05) is 43.0 Å². The van der Waals surface area contributed by atoms with Gasteiger partial charge >= 0.3 is 0 Å². The number of nitrogens with one attached hydrogen (secondary N) is 2. The van der Waals surface area contributed by atoms with Crippen LogP contribution in [-0.2, 0) is 0 Å². The molecule has 31 heavy (non-hydrogen) atoms. The number of carbonyl (C=O) groups excluding carboxylic acids is 1. The molecule has 1 fully saturated rings. The molecule has 4 aromatic rings. The van der Waals surface area contributed by atoms with Gasteiger partial charge < -0.3 is 15.5 Å². The van der Waals surface area contributed by atoms with Crippen LogP contribution in [0.25, 0.3) is 16.8 Å². The minimum absolute atomic E-state index is 0.261. The van der Waals surface area contributed by atoms with Crippen LogP contribution in [0, 0.1) is 0 Å². The summed E-state index contributed by atoms with van der Waals surface area (Å²) in [6.45, 7) is 3.65. The maximum absolute atomic E-state index is 13.1. The first-order chi connectivity index (χ1) is 15.2. The summed E-state index contributed by atoms with van der Waals surface area (Å²) in [6.07, 6.45) is 3.48. The molecule has 1 aliphatic heterocycles. The van der Waals surface area contributed by atoms with Gasteiger partial charge in [0.15, 0.2) is 5.65 Å². The van der Waals surface area contributed by atoms with Crippen molar-refractivity contribution in [3.05, 3.63) is 77.7 Å². The van der Waals surface area contributed by atoms with E-state index in [1.54, 1.807) is 23.0 Å². The summed E-state index contributed by atoms with van der Waals surface area (Å²) in [5.74, 6) is -0.261. The van der Waals surface area contributed by atoms with E-state index in [4.69, 9.17) is 11.6 Å². The Bertz CT molecular complexity index is 1250. The van der Waals surface area contributed by atoms with Crippen LogP contribution in [0.4, 0.5) is 11.4 Å². The number of rotatable bonds is 4. The van der Waals surface area contributed by atoms with Gasteiger partial charge in [-0.25, -0.2) is 9.50 Å². The van der Waals surface area contributed by atoms with Crippen molar-refractivity contribution < 1.29 is 4.79 Å². The molecular weight excluding hydrogens is 412 g/mol. The van der Waals surface area contributed by atoms with Gasteiger partial charge in [0.1, 0.15) is 5.69 Å². The van der Waals surface area contributed by atoms with E-state index in [2.05, 4.69) is 25.6 Å². The molecule has 8 heteroatoms. The lowest BCUT2D eigenvalue weighted by molar-refractivity contribution is 0.102. The molecular formula is C23H21ClN6O. The topological polar surface area (TPSA) is 74.6 Å². The largest absolute Gasteiger partial charge is 0.367 e. The molecule has 0 saturated carbocycles. The van der Waals surface area contributed by atoms with Crippen LogP contribution in [0.3, 0.4) is 0 Å². The molecule has 0 radical (unpaired) electrons. The standard InChI is InChI=1S/C23H21ClN6O/c24-17-5-3-4-16(14-17)18-15-26-30-11-8-20(27-22(18)30)23(31)28-19-6-1-2-7-21(19)29-12-9-25-10-13-29/h1-8,11,14-15,25H,9-10,12-13H2,(H,28,31). The third kappa shape index (κ3) is 3.97. The summed E-state index contributed by atoms with van der Waals surface area (Å²) in [5.41, 5.74) is 4.44. The number of fused-ring (bicyclic) bond motifs is 1. The molecule has 0 spiro atoms. The fourth-order valence-corrected chi connectivity index (χ4v) is 3.99. The van der Waals surface area contributed by atoms with Gasteiger partial charge in [0.05, 0.1) is 17.6 Å². The number of hydrogen-bond acceptors (Lipinski definition) is 5. The van der Waals surface area contributed by atoms with Crippen molar-refractivity contribution in [3.63, 3.8) is 0 Å². The van der Waals surface area contributed by atoms with Crippen molar-refractivity contribution in [1.29, 1.82) is 0 Å². The Kier molecular flexibility index (Phi) is 5.28. The Morgan fingerprint density at radius 3 is 2.74 bits per heavy atom. The summed E-state index contributed by atoms with van der Waals surface area (Å²) in [6, 6.07) is 17.0. The van der Waals surface area contributed by atoms with E-state index in [9.17, 15) is 4.79 Å². The molecule has 0 bridgehead atoms. The van der Waals surface area contributed by atoms with Crippen molar-refractivity contribution in [2.45, 2.75) is 0 Å². The number of amides is 1. The number of carbonyl (C=O) groups is 1. The lowest BCUT2D eigenvalue weighted by Crippen LogP contribution is -2.43. The smallest absolute Gasteiger partial charge is 0.274 e. The molecule has 7 nitrogen and oxygen atoms in total. The highest BCUT2D eigenvalue weighted by Crippen LogP contribution is 2.28. The van der Waals surface area contributed by atoms with Gasteiger partial charge in [-0.05, 0) is 35.9 Å². The summed E-state index contributed by atoms with van der Waals surface area (Å²) in [4.78, 5) is 19.9. The molecule has 156 valence electrons. The van der Waals surface area contributed by atoms with Gasteiger partial charge in [0.2, 0.25) is 0 Å². The second kappa shape index (κ2) is 8.37. The second-order valence-electron chi connectivity index (χ2n) is 7.36. The number of piperazine rings is 1. The molecule has 1 saturated heterocycles. The zero-order valence-corrected chi connectivity index (χ0v) is 17.5. The molecule has 0 atom stereocenters. The van der Waals surface area contributed by atoms with E-state index in [1.807, 2.05) is 48.5 Å². The zero-order chi connectivity index (χ0) is 21.2. The predicted octanol–water partition coefficient (Wildman–Crippen LogP) is 3.71. The maximum atomic E-state index is 13.1. The first kappa shape index (κ1) is 19.5. The molecule has 2 aromatic carbocycles. The van der Waals surface area contributed by atoms with Gasteiger partial charge in [-0.15, -0.1) is 0 Å². The fraction of sp³-hybridized carbons (Fsp3) is 0.174. The number of anilines is 2. The third-order valence-corrected chi connectivity index (χ3v) is 5.58. The lowest BCUT2D eigenvalue weighted by Gasteiger charge is -2.31. The molecule has 0 unspecified atom stereocenters. The summed E-state index contributed by atoms with van der Waals surface area (Å²) in [7, 11) is 0. The zero-order valence-electron chi connectivity index (χ0n) is 16.8. The molecule has 0 aliphatic carbocycles. The quantitative estimate of drug-likeness (QED) is 0.514. The Morgan fingerprint density at radius 2 is 1.90 bits per heavy atom. The Labute approximate surface area is 184 Å². The van der Waals surface area contributed by atoms with Crippen molar-refractivity contribution in [2.24, 2.45) is 0 Å². The van der Waals surface area contributed by atoms with Crippen molar-refractivity contribution >= 4 is 34.5 Å². The van der Waals surface area contributed by atoms with E-state index < -0.39 is 0 Å². The van der Waals surface area contributed by atoms with E-state index in [0.29, 0.717) is 16.4 Å². The summed E-state index contributed by atoms with van der Waals surface area (Å²) < 4.78 is 1.65. The Hall–Kier alpha value is -3.42. The molecule has 5 rings (SSSR count). The SMILES string of the molecule is O=C(Nc1ccccc1N1CCNCC1)c1ccn2ncc(-c3cccc(Cl)c3)c2n1. The first-order valence-electron chi connectivity index (χ1n) is 10.2. The minimum atomic E-state index is -0.261. The normalized spacial score (nSPS) is 14.0. The fourth-order valence-electron chi connectivity index (χ4n) is 3.80. The van der Waals surface area contributed by atoms with Crippen molar-refractivity contribution in [3.8, 4) is 11.1 Å². The molecule has 1 amide bonds. The van der Waals surface area contributed by atoms with E-state index in [1.165, 1.54) is 0 Å². The Morgan fingerprint density at radius 1 is 1.06 bits per heavy atom. The lowest BCUT2D eigenvalue weighted by atomic mass is 10.1. The van der Waals surface area contributed by atoms with Crippen molar-refractivity contribution in [2.75, 3.05) is 36.4 Å². The van der Waals surface area contributed by atoms with Gasteiger partial charge in [0.25, 0.3) is 5.91 Å². The van der Waals surface area contributed by atoms with Gasteiger partial charge in [-0.3, -0.25) is 4.79 Å². The van der Waals surface area contributed by atoms with Crippen LogP contribution in [0.1, 0.15) is 10.5 Å². The van der Waals surface area contributed by atoms with Crippen LogP contribution < -0.4 is 15.5 Å². The van der Waals surface area contributed by atoms with Crippen LogP contribution in [0.2, 0.25) is 5.02 Å². The van der Waals surface area contributed by atoms with Crippen LogP contribution in [-0.4, -0.2) is 46.7 Å². The first-order valence-corrected chi connectivity index (χ1v) is 10.5. The number of nitrogens with zero attached hydrogens (tertiary/aromatic N) is 4. The highest BCUT2D eigenvalue weighted by molar-refractivity contribution is 6.30. The third-order valence-electron chi connectivity index (χ3n) is 5.35.